The summed E-state index contributed by atoms with van der Waals surface area (Å²) < 4.78 is 3.45. The van der Waals surface area contributed by atoms with Gasteiger partial charge in [-0.1, -0.05) is 6.42 Å². The number of fused-ring (bicyclic) bond motifs is 1. The topological polar surface area (TPSA) is 109 Å². The van der Waals surface area contributed by atoms with Crippen molar-refractivity contribution >= 4 is 28.0 Å². The number of aryl methyl sites for hydroxylation is 1. The zero-order chi connectivity index (χ0) is 24.4. The number of rotatable bonds is 7. The lowest BCUT2D eigenvalue weighted by molar-refractivity contribution is -0.117. The maximum Gasteiger partial charge on any atom is 0.260 e. The van der Waals surface area contributed by atoms with Gasteiger partial charge >= 0.3 is 0 Å². The van der Waals surface area contributed by atoms with Crippen LogP contribution in [0.25, 0.3) is 15.3 Å². The molecule has 1 saturated heterocycles. The summed E-state index contributed by atoms with van der Waals surface area (Å²) in [6, 6.07) is -0.135. The van der Waals surface area contributed by atoms with Crippen molar-refractivity contribution in [2.45, 2.75) is 32.2 Å². The highest BCUT2D eigenvalue weighted by atomic mass is 32.1. The quantitative estimate of drug-likeness (QED) is 0.463. The zero-order valence-electron chi connectivity index (χ0n) is 20.0. The Kier molecular flexibility index (Phi) is 6.69. The number of piperidine rings is 1. The number of amides is 2. The SMILES string of the molecule is CC1NC=C(C(=O)NCCN2CCCCC2)C=C1NC(=O)c1cnn2cc(-c3cnn(C)c3)sc12. The molecule has 3 aromatic rings. The van der Waals surface area contributed by atoms with Gasteiger partial charge in [0, 0.05) is 50.0 Å². The van der Waals surface area contributed by atoms with Crippen molar-refractivity contribution in [1.29, 1.82) is 0 Å². The molecule has 10 nitrogen and oxygen atoms in total. The molecule has 3 aromatic heterocycles. The third-order valence-electron chi connectivity index (χ3n) is 6.38. The van der Waals surface area contributed by atoms with E-state index in [2.05, 4.69) is 31.0 Å². The van der Waals surface area contributed by atoms with Crippen LogP contribution in [0.15, 0.2) is 48.3 Å². The van der Waals surface area contributed by atoms with Crippen LogP contribution in [0.2, 0.25) is 0 Å². The van der Waals surface area contributed by atoms with E-state index in [1.54, 1.807) is 33.9 Å². The maximum atomic E-state index is 13.1. The van der Waals surface area contributed by atoms with Crippen LogP contribution in [-0.2, 0) is 11.8 Å². The third-order valence-corrected chi connectivity index (χ3v) is 7.54. The number of thiazole rings is 1. The number of likely N-dealkylation sites (tertiary alicyclic amines) is 1. The number of carbonyl (C=O) groups is 2. The Morgan fingerprint density at radius 3 is 2.74 bits per heavy atom. The van der Waals surface area contributed by atoms with Gasteiger partial charge in [0.25, 0.3) is 11.8 Å². The second kappa shape index (κ2) is 10.0. The van der Waals surface area contributed by atoms with E-state index >= 15 is 0 Å². The van der Waals surface area contributed by atoms with Crippen LogP contribution in [-0.4, -0.2) is 68.3 Å². The fourth-order valence-corrected chi connectivity index (χ4v) is 5.38. The van der Waals surface area contributed by atoms with Crippen LogP contribution in [0.3, 0.4) is 0 Å². The summed E-state index contributed by atoms with van der Waals surface area (Å²) in [5.74, 6) is -0.410. The van der Waals surface area contributed by atoms with Crippen LogP contribution >= 0.6 is 11.3 Å². The molecule has 0 aromatic carbocycles. The van der Waals surface area contributed by atoms with E-state index in [9.17, 15) is 9.59 Å². The minimum Gasteiger partial charge on any atom is -0.382 e. The molecule has 35 heavy (non-hydrogen) atoms. The van der Waals surface area contributed by atoms with Crippen molar-refractivity contribution < 1.29 is 9.59 Å². The molecule has 184 valence electrons. The molecule has 1 unspecified atom stereocenters. The second-order valence-electron chi connectivity index (χ2n) is 9.01. The molecule has 5 rings (SSSR count). The average molecular weight is 495 g/mol. The molecule has 0 aliphatic carbocycles. The van der Waals surface area contributed by atoms with Crippen molar-refractivity contribution in [2.24, 2.45) is 7.05 Å². The summed E-state index contributed by atoms with van der Waals surface area (Å²) in [7, 11) is 1.87. The number of hydrogen-bond donors (Lipinski definition) is 3. The Hall–Kier alpha value is -3.44. The van der Waals surface area contributed by atoms with Crippen molar-refractivity contribution in [3.63, 3.8) is 0 Å². The predicted octanol–water partition coefficient (Wildman–Crippen LogP) is 1.89. The number of carbonyl (C=O) groups excluding carboxylic acids is 2. The van der Waals surface area contributed by atoms with E-state index in [4.69, 9.17) is 0 Å². The average Bonchev–Trinajstić information content (AvgIpc) is 3.56. The van der Waals surface area contributed by atoms with Crippen LogP contribution in [0.4, 0.5) is 0 Å². The van der Waals surface area contributed by atoms with Crippen LogP contribution < -0.4 is 16.0 Å². The normalized spacial score (nSPS) is 18.6. The van der Waals surface area contributed by atoms with Crippen molar-refractivity contribution in [3.8, 4) is 10.4 Å². The molecule has 1 fully saturated rings. The maximum absolute atomic E-state index is 13.1. The molecule has 2 aliphatic heterocycles. The Morgan fingerprint density at radius 1 is 1.14 bits per heavy atom. The molecular formula is C24H30N8O2S. The number of nitrogens with zero attached hydrogens (tertiary/aromatic N) is 5. The lowest BCUT2D eigenvalue weighted by Gasteiger charge is -2.26. The second-order valence-corrected chi connectivity index (χ2v) is 10.0. The van der Waals surface area contributed by atoms with Crippen molar-refractivity contribution in [1.82, 2.24) is 40.2 Å². The first-order valence-corrected chi connectivity index (χ1v) is 12.8. The number of hydrogen-bond acceptors (Lipinski definition) is 7. The zero-order valence-corrected chi connectivity index (χ0v) is 20.8. The van der Waals surface area contributed by atoms with Gasteiger partial charge in [0.2, 0.25) is 0 Å². The number of aromatic nitrogens is 4. The molecule has 3 N–H and O–H groups in total. The van der Waals surface area contributed by atoms with Crippen LogP contribution in [0, 0.1) is 0 Å². The smallest absolute Gasteiger partial charge is 0.260 e. The van der Waals surface area contributed by atoms with Crippen molar-refractivity contribution in [3.05, 3.63) is 53.9 Å². The van der Waals surface area contributed by atoms with E-state index in [0.717, 1.165) is 34.9 Å². The molecule has 1 atom stereocenters. The molecule has 2 amide bonds. The molecule has 0 radical (unpaired) electrons. The van der Waals surface area contributed by atoms with E-state index in [0.29, 0.717) is 23.4 Å². The lowest BCUT2D eigenvalue weighted by Crippen LogP contribution is -2.40. The lowest BCUT2D eigenvalue weighted by atomic mass is 10.1. The van der Waals surface area contributed by atoms with Gasteiger partial charge in [-0.3, -0.25) is 14.3 Å². The number of dihydropyridines is 1. The van der Waals surface area contributed by atoms with Gasteiger partial charge in [0.05, 0.1) is 34.4 Å². The minimum atomic E-state index is -0.258. The molecule has 0 saturated carbocycles. The van der Waals surface area contributed by atoms with Gasteiger partial charge < -0.3 is 20.9 Å². The minimum absolute atomic E-state index is 0.135. The Morgan fingerprint density at radius 2 is 1.97 bits per heavy atom. The fourth-order valence-electron chi connectivity index (χ4n) is 4.35. The molecular weight excluding hydrogens is 464 g/mol. The number of nitrogens with one attached hydrogen (secondary N) is 3. The summed E-state index contributed by atoms with van der Waals surface area (Å²) in [6.07, 6.45) is 14.4. The molecule has 0 spiro atoms. The van der Waals surface area contributed by atoms with Gasteiger partial charge in [-0.05, 0) is 38.9 Å². The van der Waals surface area contributed by atoms with E-state index < -0.39 is 0 Å². The first-order valence-electron chi connectivity index (χ1n) is 11.9. The summed E-state index contributed by atoms with van der Waals surface area (Å²) >= 11 is 1.49. The van der Waals surface area contributed by atoms with E-state index in [1.807, 2.05) is 26.4 Å². The molecule has 2 aliphatic rings. The fraction of sp³-hybridized carbons (Fsp3) is 0.417. The first-order chi connectivity index (χ1) is 17.0. The molecule has 5 heterocycles. The Balaban J connectivity index is 1.24. The first kappa shape index (κ1) is 23.3. The highest BCUT2D eigenvalue weighted by Crippen LogP contribution is 2.30. The third kappa shape index (κ3) is 5.15. The van der Waals surface area contributed by atoms with Gasteiger partial charge in [-0.15, -0.1) is 11.3 Å². The monoisotopic (exact) mass is 494 g/mol. The highest BCUT2D eigenvalue weighted by Gasteiger charge is 2.22. The van der Waals surface area contributed by atoms with Crippen molar-refractivity contribution in [2.75, 3.05) is 26.2 Å². The predicted molar refractivity (Wildman–Crippen MR) is 135 cm³/mol. The van der Waals surface area contributed by atoms with Gasteiger partial charge in [0.15, 0.2) is 0 Å². The van der Waals surface area contributed by atoms with Crippen LogP contribution in [0.1, 0.15) is 36.5 Å². The van der Waals surface area contributed by atoms with Gasteiger partial charge in [0.1, 0.15) is 4.83 Å². The van der Waals surface area contributed by atoms with Crippen LogP contribution in [0.5, 0.6) is 0 Å². The summed E-state index contributed by atoms with van der Waals surface area (Å²) in [6.45, 7) is 5.60. The summed E-state index contributed by atoms with van der Waals surface area (Å²) in [5, 5.41) is 17.7. The van der Waals surface area contributed by atoms with Gasteiger partial charge in [-0.25, -0.2) is 4.52 Å². The highest BCUT2D eigenvalue weighted by molar-refractivity contribution is 7.21. The Labute approximate surface area is 207 Å². The Bertz CT molecular complexity index is 1290. The van der Waals surface area contributed by atoms with E-state index in [1.165, 1.54) is 30.6 Å². The van der Waals surface area contributed by atoms with Gasteiger partial charge in [-0.2, -0.15) is 10.2 Å². The molecule has 0 bridgehead atoms. The summed E-state index contributed by atoms with van der Waals surface area (Å²) in [5.41, 5.74) is 2.60. The largest absolute Gasteiger partial charge is 0.382 e. The summed E-state index contributed by atoms with van der Waals surface area (Å²) in [4.78, 5) is 30.0. The standard InChI is InChI=1S/C24H30N8O2S/c1-16-20(10-17(11-26-16)22(33)25-6-9-31-7-4-3-5-8-31)29-23(34)19-13-28-32-15-21(35-24(19)32)18-12-27-30(2)14-18/h10-16,26H,3-9H2,1-2H3,(H,25,33)(H,29,34). The molecule has 11 heteroatoms. The van der Waals surface area contributed by atoms with E-state index in [-0.39, 0.29) is 17.9 Å².